The van der Waals surface area contributed by atoms with E-state index >= 15 is 0 Å². The van der Waals surface area contributed by atoms with Gasteiger partial charge in [0.15, 0.2) is 26.4 Å². The van der Waals surface area contributed by atoms with Gasteiger partial charge in [-0.2, -0.15) is 0 Å². The van der Waals surface area contributed by atoms with Crippen molar-refractivity contribution in [2.45, 2.75) is 84.3 Å². The summed E-state index contributed by atoms with van der Waals surface area (Å²) in [6.07, 6.45) is 0. The van der Waals surface area contributed by atoms with E-state index in [9.17, 15) is 0 Å². The first-order valence-electron chi connectivity index (χ1n) is 10.0. The number of rotatable bonds is 13. The van der Waals surface area contributed by atoms with E-state index in [-0.39, 0.29) is 0 Å². The van der Waals surface area contributed by atoms with Gasteiger partial charge in [0.25, 0.3) is 0 Å². The fraction of sp³-hybridized carbons (Fsp3) is 0.684. The van der Waals surface area contributed by atoms with Crippen molar-refractivity contribution in [1.82, 2.24) is 0 Å². The minimum atomic E-state index is -1.76. The van der Waals surface area contributed by atoms with Crippen LogP contribution in [0.2, 0.25) is 36.3 Å². The molecule has 0 saturated carbocycles. The van der Waals surface area contributed by atoms with E-state index < -0.39 is 32.9 Å². The molecule has 0 fully saturated rings. The van der Waals surface area contributed by atoms with Gasteiger partial charge < -0.3 is 13.3 Å². The smallest absolute Gasteiger partial charge is 0.242 e. The molecule has 0 radical (unpaired) electrons. The number of hydrogen-bond donors (Lipinski definition) is 0. The van der Waals surface area contributed by atoms with Crippen molar-refractivity contribution in [3.8, 4) is 0 Å². The average molecular weight is 399 g/mol. The van der Waals surface area contributed by atoms with Crippen LogP contribution in [0.3, 0.4) is 0 Å². The van der Waals surface area contributed by atoms with Crippen molar-refractivity contribution in [3.05, 3.63) is 30.3 Å². The van der Waals surface area contributed by atoms with Gasteiger partial charge >= 0.3 is 0 Å². The molecule has 0 bridgehead atoms. The molecule has 0 heterocycles. The molecule has 0 spiro atoms. The molecule has 1 aromatic rings. The molecule has 0 atom stereocenters. The second-order valence-corrected chi connectivity index (χ2v) is 17.7. The van der Waals surface area contributed by atoms with Crippen LogP contribution in [0.1, 0.15) is 41.5 Å². The second kappa shape index (κ2) is 11.5. The standard InChI is InChI=1S/C19H38O3Si3/c1-7-24(8-2,9-3)21-19(22-25(10-4,11-5)12-6)20-23-18-16-14-13-15-17-18/h13-17,19H,7-12,23H2,1-6H3. The molecule has 1 aromatic carbocycles. The molecule has 0 saturated heterocycles. The monoisotopic (exact) mass is 398 g/mol. The summed E-state index contributed by atoms with van der Waals surface area (Å²) in [5.41, 5.74) is 0. The maximum Gasteiger partial charge on any atom is 0.242 e. The largest absolute Gasteiger partial charge is 0.374 e. The SMILES string of the molecule is CC[Si](CC)(CC)OC(O[SiH2]c1ccccc1)O[Si](CC)(CC)CC. The Labute approximate surface area is 159 Å². The Balaban J connectivity index is 2.92. The van der Waals surface area contributed by atoms with E-state index in [4.69, 9.17) is 13.3 Å². The molecular weight excluding hydrogens is 360 g/mol. The second-order valence-electron chi connectivity index (χ2n) is 6.81. The molecule has 0 aliphatic rings. The van der Waals surface area contributed by atoms with Gasteiger partial charge in [-0.25, -0.2) is 0 Å². The molecule has 6 heteroatoms. The van der Waals surface area contributed by atoms with Crippen molar-refractivity contribution in [2.24, 2.45) is 0 Å². The first-order valence-corrected chi connectivity index (χ1v) is 16.4. The highest BCUT2D eigenvalue weighted by atomic mass is 28.4. The third-order valence-electron chi connectivity index (χ3n) is 5.79. The molecule has 0 aliphatic heterocycles. The summed E-state index contributed by atoms with van der Waals surface area (Å²) in [6.45, 7) is 13.1. The van der Waals surface area contributed by atoms with Crippen LogP contribution in [0.4, 0.5) is 0 Å². The minimum absolute atomic E-state index is 0.454. The summed E-state index contributed by atoms with van der Waals surface area (Å²) in [5.74, 6) is 0. The van der Waals surface area contributed by atoms with E-state index in [2.05, 4.69) is 71.9 Å². The lowest BCUT2D eigenvalue weighted by Crippen LogP contribution is -2.48. The van der Waals surface area contributed by atoms with Crippen LogP contribution in [-0.4, -0.2) is 32.9 Å². The van der Waals surface area contributed by atoms with Gasteiger partial charge in [0.1, 0.15) is 0 Å². The molecule has 3 nitrogen and oxygen atoms in total. The molecule has 0 unspecified atom stereocenters. The predicted molar refractivity (Wildman–Crippen MR) is 116 cm³/mol. The molecule has 0 aromatic heterocycles. The van der Waals surface area contributed by atoms with Crippen molar-refractivity contribution < 1.29 is 13.3 Å². The van der Waals surface area contributed by atoms with Gasteiger partial charge in [0.05, 0.1) is 0 Å². The van der Waals surface area contributed by atoms with Gasteiger partial charge in [0, 0.05) is 0 Å². The minimum Gasteiger partial charge on any atom is -0.374 e. The van der Waals surface area contributed by atoms with Crippen molar-refractivity contribution >= 4 is 31.6 Å². The maximum atomic E-state index is 6.63. The highest BCUT2D eigenvalue weighted by molar-refractivity contribution is 6.74. The molecule has 144 valence electrons. The first kappa shape index (κ1) is 22.8. The lowest BCUT2D eigenvalue weighted by Gasteiger charge is -2.38. The quantitative estimate of drug-likeness (QED) is 0.355. The van der Waals surface area contributed by atoms with Crippen LogP contribution < -0.4 is 5.19 Å². The van der Waals surface area contributed by atoms with E-state index in [0.717, 1.165) is 36.3 Å². The normalized spacial score (nSPS) is 13.2. The molecule has 0 amide bonds. The number of benzene rings is 1. The van der Waals surface area contributed by atoms with Crippen molar-refractivity contribution in [1.29, 1.82) is 0 Å². The highest BCUT2D eigenvalue weighted by Crippen LogP contribution is 2.29. The summed E-state index contributed by atoms with van der Waals surface area (Å²) in [7, 11) is -4.37. The average Bonchev–Trinajstić information content (AvgIpc) is 2.69. The van der Waals surface area contributed by atoms with Crippen LogP contribution in [0, 0.1) is 0 Å². The van der Waals surface area contributed by atoms with Gasteiger partial charge in [-0.05, 0) is 41.5 Å². The summed E-state index contributed by atoms with van der Waals surface area (Å²) in [4.78, 5) is 0. The van der Waals surface area contributed by atoms with Crippen LogP contribution in [-0.2, 0) is 13.3 Å². The molecule has 0 N–H and O–H groups in total. The lowest BCUT2D eigenvalue weighted by atomic mass is 10.4. The predicted octanol–water partition coefficient (Wildman–Crippen LogP) is 4.74. The Bertz CT molecular complexity index is 424. The topological polar surface area (TPSA) is 27.7 Å². The zero-order chi connectivity index (χ0) is 18.8. The van der Waals surface area contributed by atoms with E-state index in [0.29, 0.717) is 0 Å². The van der Waals surface area contributed by atoms with E-state index in [1.54, 1.807) is 0 Å². The Hall–Kier alpha value is -0.249. The van der Waals surface area contributed by atoms with Crippen LogP contribution in [0.15, 0.2) is 30.3 Å². The summed E-state index contributed by atoms with van der Waals surface area (Å²) >= 11 is 0. The molecule has 0 aliphatic carbocycles. The van der Waals surface area contributed by atoms with E-state index in [1.165, 1.54) is 5.19 Å². The molecule has 1 rings (SSSR count). The van der Waals surface area contributed by atoms with Crippen LogP contribution in [0.5, 0.6) is 0 Å². The summed E-state index contributed by atoms with van der Waals surface area (Å²) < 4.78 is 19.6. The Morgan fingerprint density at radius 1 is 0.720 bits per heavy atom. The Morgan fingerprint density at radius 2 is 1.12 bits per heavy atom. The number of hydrogen-bond acceptors (Lipinski definition) is 3. The highest BCUT2D eigenvalue weighted by Gasteiger charge is 2.38. The lowest BCUT2D eigenvalue weighted by molar-refractivity contribution is -0.154. The summed E-state index contributed by atoms with van der Waals surface area (Å²) in [6, 6.07) is 17.2. The van der Waals surface area contributed by atoms with Gasteiger partial charge in [0.2, 0.25) is 6.48 Å². The maximum absolute atomic E-state index is 6.63. The zero-order valence-electron chi connectivity index (χ0n) is 17.1. The van der Waals surface area contributed by atoms with Crippen LogP contribution >= 0.6 is 0 Å². The zero-order valence-corrected chi connectivity index (χ0v) is 20.6. The van der Waals surface area contributed by atoms with Crippen LogP contribution in [0.25, 0.3) is 0 Å². The van der Waals surface area contributed by atoms with Gasteiger partial charge in [-0.15, -0.1) is 0 Å². The third-order valence-corrected chi connectivity index (χ3v) is 16.1. The first-order chi connectivity index (χ1) is 12.0. The van der Waals surface area contributed by atoms with Gasteiger partial charge in [-0.1, -0.05) is 71.9 Å². The molecular formula is C19H38O3Si3. The fourth-order valence-corrected chi connectivity index (χ4v) is 9.59. The fourth-order valence-electron chi connectivity index (χ4n) is 3.24. The van der Waals surface area contributed by atoms with E-state index in [1.807, 2.05) is 0 Å². The Morgan fingerprint density at radius 3 is 1.48 bits per heavy atom. The Kier molecular flexibility index (Phi) is 10.4. The van der Waals surface area contributed by atoms with Crippen molar-refractivity contribution in [3.63, 3.8) is 0 Å². The van der Waals surface area contributed by atoms with Gasteiger partial charge in [-0.3, -0.25) is 0 Å². The van der Waals surface area contributed by atoms with Crippen molar-refractivity contribution in [2.75, 3.05) is 0 Å². The molecule has 25 heavy (non-hydrogen) atoms. The third kappa shape index (κ3) is 6.77. The summed E-state index contributed by atoms with van der Waals surface area (Å²) in [5, 5.41) is 1.30.